The number of fused-ring (bicyclic) bond motifs is 2. The standard InChI is InChI=1S/C33H40ClN7O4/c1-20-18-39(32(43)45-33(3,4)5)16-17-40(20)29-27-28(36-31(37-29)44-19-23-12-9-15-38(23)6)30(42)41(21(2)35-27)25-14-8-11-22-10-7-13-24(34)26(22)25/h7-8,10-11,13-14,20,23H,9,12,15-19H2,1-6H3/t20-,23-/m0/s1. The highest BCUT2D eigenvalue weighted by Crippen LogP contribution is 2.32. The highest BCUT2D eigenvalue weighted by Gasteiger charge is 2.33. The lowest BCUT2D eigenvalue weighted by Crippen LogP contribution is -2.55. The van der Waals surface area contributed by atoms with Crippen LogP contribution in [-0.4, -0.2) is 92.9 Å². The van der Waals surface area contributed by atoms with Gasteiger partial charge in [0.25, 0.3) is 5.56 Å². The molecule has 2 aliphatic rings. The molecule has 4 aromatic rings. The molecule has 11 nitrogen and oxygen atoms in total. The number of piperazine rings is 1. The molecular weight excluding hydrogens is 594 g/mol. The molecule has 0 saturated carbocycles. The van der Waals surface area contributed by atoms with Gasteiger partial charge in [0.15, 0.2) is 11.3 Å². The third kappa shape index (κ3) is 6.15. The normalized spacial score (nSPS) is 19.4. The Bertz CT molecular complexity index is 1820. The van der Waals surface area contributed by atoms with E-state index < -0.39 is 5.60 Å². The monoisotopic (exact) mass is 633 g/mol. The molecule has 45 heavy (non-hydrogen) atoms. The lowest BCUT2D eigenvalue weighted by Gasteiger charge is -2.40. The van der Waals surface area contributed by atoms with Crippen molar-refractivity contribution in [3.63, 3.8) is 0 Å². The molecular formula is C33H40ClN7O4. The van der Waals surface area contributed by atoms with Crippen LogP contribution in [0, 0.1) is 6.92 Å². The van der Waals surface area contributed by atoms with Crippen LogP contribution in [0.15, 0.2) is 41.2 Å². The Hall–Kier alpha value is -3.96. The van der Waals surface area contributed by atoms with Gasteiger partial charge in [0, 0.05) is 37.1 Å². The molecule has 2 fully saturated rings. The van der Waals surface area contributed by atoms with E-state index in [4.69, 9.17) is 31.0 Å². The van der Waals surface area contributed by atoms with Gasteiger partial charge in [-0.1, -0.05) is 35.9 Å². The summed E-state index contributed by atoms with van der Waals surface area (Å²) < 4.78 is 13.4. The average molecular weight is 634 g/mol. The Morgan fingerprint density at radius 1 is 1.04 bits per heavy atom. The number of likely N-dealkylation sites (tertiary alicyclic amines) is 1. The van der Waals surface area contributed by atoms with E-state index in [-0.39, 0.29) is 35.3 Å². The second-order valence-electron chi connectivity index (χ2n) is 13.0. The predicted molar refractivity (Wildman–Crippen MR) is 176 cm³/mol. The number of aromatic nitrogens is 4. The number of hydrogen-bond acceptors (Lipinski definition) is 9. The highest BCUT2D eigenvalue weighted by molar-refractivity contribution is 6.36. The number of likely N-dealkylation sites (N-methyl/N-ethyl adjacent to an activating group) is 1. The van der Waals surface area contributed by atoms with Crippen LogP contribution in [-0.2, 0) is 4.74 Å². The summed E-state index contributed by atoms with van der Waals surface area (Å²) in [6, 6.07) is 11.6. The molecule has 2 aromatic heterocycles. The molecule has 0 unspecified atom stereocenters. The molecule has 12 heteroatoms. The molecule has 0 N–H and O–H groups in total. The van der Waals surface area contributed by atoms with Gasteiger partial charge in [-0.2, -0.15) is 9.97 Å². The number of benzene rings is 2. The van der Waals surface area contributed by atoms with E-state index in [0.29, 0.717) is 54.1 Å². The zero-order valence-electron chi connectivity index (χ0n) is 26.7. The molecule has 238 valence electrons. The van der Waals surface area contributed by atoms with Gasteiger partial charge >= 0.3 is 12.1 Å². The van der Waals surface area contributed by atoms with Crippen molar-refractivity contribution in [3.8, 4) is 11.7 Å². The largest absolute Gasteiger partial charge is 0.462 e. The van der Waals surface area contributed by atoms with Gasteiger partial charge in [0.2, 0.25) is 0 Å². The minimum atomic E-state index is -0.588. The van der Waals surface area contributed by atoms with Crippen LogP contribution >= 0.6 is 11.6 Å². The first-order valence-electron chi connectivity index (χ1n) is 15.5. The number of halogens is 1. The third-order valence-electron chi connectivity index (χ3n) is 8.55. The number of anilines is 1. The molecule has 0 bridgehead atoms. The fourth-order valence-corrected chi connectivity index (χ4v) is 6.55. The van der Waals surface area contributed by atoms with Crippen LogP contribution in [0.1, 0.15) is 46.4 Å². The van der Waals surface area contributed by atoms with Gasteiger partial charge in [-0.3, -0.25) is 9.36 Å². The summed E-state index contributed by atoms with van der Waals surface area (Å²) in [5.41, 5.74) is 0.255. The second kappa shape index (κ2) is 12.1. The molecule has 0 spiro atoms. The van der Waals surface area contributed by atoms with Crippen LogP contribution in [0.2, 0.25) is 5.02 Å². The van der Waals surface area contributed by atoms with E-state index in [1.54, 1.807) is 16.4 Å². The summed E-state index contributed by atoms with van der Waals surface area (Å²) in [5, 5.41) is 2.21. The number of nitrogens with zero attached hydrogens (tertiary/aromatic N) is 7. The van der Waals surface area contributed by atoms with Crippen LogP contribution in [0.3, 0.4) is 0 Å². The molecule has 0 aliphatic carbocycles. The molecule has 2 atom stereocenters. The quantitative estimate of drug-likeness (QED) is 0.293. The summed E-state index contributed by atoms with van der Waals surface area (Å²) >= 11 is 6.66. The van der Waals surface area contributed by atoms with Crippen molar-refractivity contribution < 1.29 is 14.3 Å². The lowest BCUT2D eigenvalue weighted by atomic mass is 10.1. The van der Waals surface area contributed by atoms with Crippen molar-refractivity contribution >= 4 is 45.3 Å². The molecule has 2 saturated heterocycles. The molecule has 4 heterocycles. The SMILES string of the molecule is Cc1nc2c(N3CCN(C(=O)OC(C)(C)C)C[C@@H]3C)nc(OC[C@@H]3CCCN3C)nc2c(=O)n1-c1cccc2cccc(Cl)c12. The van der Waals surface area contributed by atoms with Gasteiger partial charge in [0.05, 0.1) is 10.7 Å². The van der Waals surface area contributed by atoms with E-state index in [2.05, 4.69) is 21.8 Å². The minimum absolute atomic E-state index is 0.129. The first-order valence-corrected chi connectivity index (χ1v) is 15.9. The van der Waals surface area contributed by atoms with Gasteiger partial charge in [-0.15, -0.1) is 0 Å². The first-order chi connectivity index (χ1) is 21.4. The van der Waals surface area contributed by atoms with Crippen molar-refractivity contribution in [2.24, 2.45) is 0 Å². The average Bonchev–Trinajstić information content (AvgIpc) is 3.39. The number of carbonyl (C=O) groups excluding carboxylic acids is 1. The predicted octanol–water partition coefficient (Wildman–Crippen LogP) is 5.21. The Labute approximate surface area is 267 Å². The molecule has 0 radical (unpaired) electrons. The van der Waals surface area contributed by atoms with Crippen molar-refractivity contribution in [1.29, 1.82) is 0 Å². The van der Waals surface area contributed by atoms with Crippen molar-refractivity contribution in [2.45, 2.75) is 65.1 Å². The third-order valence-corrected chi connectivity index (χ3v) is 8.86. The minimum Gasteiger partial charge on any atom is -0.462 e. The highest BCUT2D eigenvalue weighted by atomic mass is 35.5. The van der Waals surface area contributed by atoms with E-state index in [1.807, 2.05) is 64.1 Å². The number of aryl methyl sites for hydroxylation is 1. The lowest BCUT2D eigenvalue weighted by molar-refractivity contribution is 0.0218. The van der Waals surface area contributed by atoms with Gasteiger partial charge < -0.3 is 24.2 Å². The fraction of sp³-hybridized carbons (Fsp3) is 0.485. The molecule has 1 amide bonds. The smallest absolute Gasteiger partial charge is 0.410 e. The van der Waals surface area contributed by atoms with Crippen LogP contribution in [0.5, 0.6) is 6.01 Å². The zero-order valence-corrected chi connectivity index (χ0v) is 27.5. The van der Waals surface area contributed by atoms with Crippen LogP contribution in [0.25, 0.3) is 27.5 Å². The van der Waals surface area contributed by atoms with E-state index in [1.165, 1.54) is 0 Å². The van der Waals surface area contributed by atoms with Crippen molar-refractivity contribution in [1.82, 2.24) is 29.3 Å². The van der Waals surface area contributed by atoms with Crippen LogP contribution in [0.4, 0.5) is 10.6 Å². The topological polar surface area (TPSA) is 106 Å². The van der Waals surface area contributed by atoms with Crippen LogP contribution < -0.4 is 15.2 Å². The number of hydrogen-bond donors (Lipinski definition) is 0. The summed E-state index contributed by atoms with van der Waals surface area (Å²) in [6.07, 6.45) is 1.78. The summed E-state index contributed by atoms with van der Waals surface area (Å²) in [5.74, 6) is 0.987. The maximum atomic E-state index is 14.4. The van der Waals surface area contributed by atoms with Gasteiger partial charge in [-0.05, 0) is 78.6 Å². The van der Waals surface area contributed by atoms with E-state index in [9.17, 15) is 9.59 Å². The second-order valence-corrected chi connectivity index (χ2v) is 13.4. The Morgan fingerprint density at radius 2 is 1.80 bits per heavy atom. The maximum Gasteiger partial charge on any atom is 0.410 e. The molecule has 6 rings (SSSR count). The van der Waals surface area contributed by atoms with E-state index >= 15 is 0 Å². The number of carbonyl (C=O) groups is 1. The van der Waals surface area contributed by atoms with Crippen molar-refractivity contribution in [2.75, 3.05) is 44.7 Å². The number of ether oxygens (including phenoxy) is 2. The first kappa shape index (κ1) is 31.0. The Kier molecular flexibility index (Phi) is 8.34. The summed E-state index contributed by atoms with van der Waals surface area (Å²) in [4.78, 5) is 47.7. The van der Waals surface area contributed by atoms with E-state index in [0.717, 1.165) is 30.2 Å². The maximum absolute atomic E-state index is 14.4. The molecule has 2 aliphatic heterocycles. The zero-order chi connectivity index (χ0) is 32.0. The Balaban J connectivity index is 1.45. The molecule has 2 aromatic carbocycles. The van der Waals surface area contributed by atoms with Gasteiger partial charge in [0.1, 0.15) is 23.5 Å². The Morgan fingerprint density at radius 3 is 2.49 bits per heavy atom. The van der Waals surface area contributed by atoms with Gasteiger partial charge in [-0.25, -0.2) is 9.78 Å². The van der Waals surface area contributed by atoms with Crippen molar-refractivity contribution in [3.05, 3.63) is 57.6 Å². The number of rotatable bonds is 5. The number of amides is 1. The summed E-state index contributed by atoms with van der Waals surface area (Å²) in [7, 11) is 2.08. The fourth-order valence-electron chi connectivity index (χ4n) is 6.28. The summed E-state index contributed by atoms with van der Waals surface area (Å²) in [6.45, 7) is 12.1.